The summed E-state index contributed by atoms with van der Waals surface area (Å²) in [5.74, 6) is 0.570. The van der Waals surface area contributed by atoms with Crippen molar-refractivity contribution in [3.8, 4) is 0 Å². The van der Waals surface area contributed by atoms with E-state index in [1.54, 1.807) is 0 Å². The van der Waals surface area contributed by atoms with Gasteiger partial charge in [0, 0.05) is 11.6 Å². The second-order valence-corrected chi connectivity index (χ2v) is 7.04. The summed E-state index contributed by atoms with van der Waals surface area (Å²) in [5, 5.41) is 3.22. The van der Waals surface area contributed by atoms with Crippen LogP contribution in [0.1, 0.15) is 54.7 Å². The first-order valence-electron chi connectivity index (χ1n) is 8.93. The number of nitrogens with zero attached hydrogens (tertiary/aromatic N) is 1. The number of rotatable bonds is 4. The van der Waals surface area contributed by atoms with E-state index >= 15 is 0 Å². The van der Waals surface area contributed by atoms with Crippen molar-refractivity contribution < 1.29 is 4.79 Å². The molecule has 0 saturated carbocycles. The Bertz CT molecular complexity index is 600. The number of nitrogens with one attached hydrogen (secondary N) is 1. The van der Waals surface area contributed by atoms with Gasteiger partial charge in [-0.25, -0.2) is 0 Å². The molecule has 1 fully saturated rings. The highest BCUT2D eigenvalue weighted by Gasteiger charge is 2.20. The molecule has 1 amide bonds. The maximum absolute atomic E-state index is 12.5. The van der Waals surface area contributed by atoms with Crippen molar-refractivity contribution in [2.45, 2.75) is 51.9 Å². The van der Waals surface area contributed by atoms with Crippen molar-refractivity contribution in [3.05, 3.63) is 41.0 Å². The van der Waals surface area contributed by atoms with E-state index in [9.17, 15) is 4.79 Å². The van der Waals surface area contributed by atoms with E-state index in [1.807, 2.05) is 0 Å². The smallest absolute Gasteiger partial charge is 0.238 e. The second-order valence-electron chi connectivity index (χ2n) is 7.04. The Labute approximate surface area is 139 Å². The van der Waals surface area contributed by atoms with Gasteiger partial charge in [-0.3, -0.25) is 9.69 Å². The lowest BCUT2D eigenvalue weighted by atomic mass is 9.92. The molecule has 1 unspecified atom stereocenters. The first-order valence-corrected chi connectivity index (χ1v) is 8.93. The summed E-state index contributed by atoms with van der Waals surface area (Å²) >= 11 is 0. The summed E-state index contributed by atoms with van der Waals surface area (Å²) in [5.41, 5.74) is 4.76. The Kier molecular flexibility index (Phi) is 5.16. The average molecular weight is 312 g/mol. The number of aryl methyl sites for hydroxylation is 2. The molecule has 1 aliphatic carbocycles. The summed E-state index contributed by atoms with van der Waals surface area (Å²) in [6, 6.07) is 4.41. The van der Waals surface area contributed by atoms with Gasteiger partial charge in [0.25, 0.3) is 0 Å². The van der Waals surface area contributed by atoms with Crippen molar-refractivity contribution >= 4 is 11.6 Å². The standard InChI is InChI=1S/C20H28N2O/c1-15-12-16(2)20(18(13-15)17-8-4-5-9-17)21-19(23)14-22-10-6-3-7-11-22/h4,8,12-13,17H,3,5-7,9-11,14H2,1-2H3,(H,21,23). The maximum atomic E-state index is 12.5. The first-order chi connectivity index (χ1) is 11.1. The number of hydrogen-bond acceptors (Lipinski definition) is 2. The minimum atomic E-state index is 0.127. The summed E-state index contributed by atoms with van der Waals surface area (Å²) in [6.45, 7) is 6.87. The van der Waals surface area contributed by atoms with Crippen molar-refractivity contribution in [1.29, 1.82) is 0 Å². The molecule has 1 aromatic rings. The van der Waals surface area contributed by atoms with Crippen LogP contribution < -0.4 is 5.32 Å². The highest BCUT2D eigenvalue weighted by molar-refractivity contribution is 5.94. The summed E-state index contributed by atoms with van der Waals surface area (Å²) in [6.07, 6.45) is 10.6. The third-order valence-corrected chi connectivity index (χ3v) is 5.00. The lowest BCUT2D eigenvalue weighted by Gasteiger charge is -2.26. The molecular formula is C20H28N2O. The molecule has 1 heterocycles. The van der Waals surface area contributed by atoms with Crippen LogP contribution in [0.4, 0.5) is 5.69 Å². The fraction of sp³-hybridized carbons (Fsp3) is 0.550. The van der Waals surface area contributed by atoms with Crippen LogP contribution in [0.2, 0.25) is 0 Å². The van der Waals surface area contributed by atoms with E-state index in [0.29, 0.717) is 12.5 Å². The fourth-order valence-electron chi connectivity index (χ4n) is 3.85. The SMILES string of the molecule is Cc1cc(C)c(NC(=O)CN2CCCCC2)c(C2C=CCC2)c1. The summed E-state index contributed by atoms with van der Waals surface area (Å²) < 4.78 is 0. The second kappa shape index (κ2) is 7.31. The molecule has 1 aliphatic heterocycles. The van der Waals surface area contributed by atoms with Gasteiger partial charge in [-0.1, -0.05) is 36.3 Å². The number of carbonyl (C=O) groups is 1. The van der Waals surface area contributed by atoms with E-state index in [1.165, 1.54) is 36.0 Å². The van der Waals surface area contributed by atoms with Gasteiger partial charge in [0.15, 0.2) is 0 Å². The van der Waals surface area contributed by atoms with Crippen LogP contribution in [0.3, 0.4) is 0 Å². The Balaban J connectivity index is 1.75. The largest absolute Gasteiger partial charge is 0.324 e. The van der Waals surface area contributed by atoms with E-state index in [2.05, 4.69) is 48.3 Å². The Morgan fingerprint density at radius 2 is 2.00 bits per heavy atom. The van der Waals surface area contributed by atoms with E-state index < -0.39 is 0 Å². The van der Waals surface area contributed by atoms with Gasteiger partial charge < -0.3 is 5.32 Å². The zero-order valence-electron chi connectivity index (χ0n) is 14.4. The van der Waals surface area contributed by atoms with Gasteiger partial charge in [0.1, 0.15) is 0 Å². The number of allylic oxidation sites excluding steroid dienone is 2. The number of likely N-dealkylation sites (tertiary alicyclic amines) is 1. The highest BCUT2D eigenvalue weighted by Crippen LogP contribution is 2.36. The number of anilines is 1. The van der Waals surface area contributed by atoms with Gasteiger partial charge in [-0.2, -0.15) is 0 Å². The van der Waals surface area contributed by atoms with E-state index in [4.69, 9.17) is 0 Å². The van der Waals surface area contributed by atoms with Crippen LogP contribution in [-0.4, -0.2) is 30.4 Å². The first kappa shape index (κ1) is 16.3. The molecule has 0 radical (unpaired) electrons. The van der Waals surface area contributed by atoms with Gasteiger partial charge in [-0.05, 0) is 63.7 Å². The molecule has 0 spiro atoms. The lowest BCUT2D eigenvalue weighted by molar-refractivity contribution is -0.117. The number of piperidine rings is 1. The third-order valence-electron chi connectivity index (χ3n) is 5.00. The van der Waals surface area contributed by atoms with Crippen LogP contribution in [0.5, 0.6) is 0 Å². The zero-order chi connectivity index (χ0) is 16.2. The third kappa shape index (κ3) is 4.03. The molecule has 3 nitrogen and oxygen atoms in total. The summed E-state index contributed by atoms with van der Waals surface area (Å²) in [7, 11) is 0. The molecule has 1 aromatic carbocycles. The van der Waals surface area contributed by atoms with Gasteiger partial charge in [0.2, 0.25) is 5.91 Å². The molecule has 3 heteroatoms. The van der Waals surface area contributed by atoms with Crippen molar-refractivity contribution in [1.82, 2.24) is 4.90 Å². The molecule has 124 valence electrons. The fourth-order valence-corrected chi connectivity index (χ4v) is 3.85. The molecule has 0 bridgehead atoms. The minimum absolute atomic E-state index is 0.127. The van der Waals surface area contributed by atoms with Crippen LogP contribution in [0.25, 0.3) is 0 Å². The predicted molar refractivity (Wildman–Crippen MR) is 96.0 cm³/mol. The van der Waals surface area contributed by atoms with Crippen molar-refractivity contribution in [3.63, 3.8) is 0 Å². The number of carbonyl (C=O) groups excluding carboxylic acids is 1. The predicted octanol–water partition coefficient (Wildman–Crippen LogP) is 4.16. The number of amides is 1. The normalized spacial score (nSPS) is 21.6. The maximum Gasteiger partial charge on any atom is 0.238 e. The van der Waals surface area contributed by atoms with Crippen molar-refractivity contribution in [2.24, 2.45) is 0 Å². The van der Waals surface area contributed by atoms with E-state index in [0.717, 1.165) is 31.6 Å². The zero-order valence-corrected chi connectivity index (χ0v) is 14.4. The molecular weight excluding hydrogens is 284 g/mol. The van der Waals surface area contributed by atoms with Crippen LogP contribution >= 0.6 is 0 Å². The topological polar surface area (TPSA) is 32.3 Å². The molecule has 1 atom stereocenters. The van der Waals surface area contributed by atoms with E-state index in [-0.39, 0.29) is 5.91 Å². The molecule has 0 aromatic heterocycles. The van der Waals surface area contributed by atoms with Gasteiger partial charge >= 0.3 is 0 Å². The molecule has 1 N–H and O–H groups in total. The van der Waals surface area contributed by atoms with Crippen molar-refractivity contribution in [2.75, 3.05) is 25.0 Å². The number of hydrogen-bond donors (Lipinski definition) is 1. The molecule has 3 rings (SSSR count). The Hall–Kier alpha value is -1.61. The Morgan fingerprint density at radius 1 is 1.22 bits per heavy atom. The van der Waals surface area contributed by atoms with Gasteiger partial charge in [-0.15, -0.1) is 0 Å². The quantitative estimate of drug-likeness (QED) is 0.847. The Morgan fingerprint density at radius 3 is 2.70 bits per heavy atom. The average Bonchev–Trinajstić information content (AvgIpc) is 3.05. The minimum Gasteiger partial charge on any atom is -0.324 e. The van der Waals surface area contributed by atoms with Gasteiger partial charge in [0.05, 0.1) is 6.54 Å². The molecule has 23 heavy (non-hydrogen) atoms. The summed E-state index contributed by atoms with van der Waals surface area (Å²) in [4.78, 5) is 14.8. The van der Waals surface area contributed by atoms with Crippen LogP contribution in [0.15, 0.2) is 24.3 Å². The lowest BCUT2D eigenvalue weighted by Crippen LogP contribution is -2.37. The monoisotopic (exact) mass is 312 g/mol. The van der Waals surface area contributed by atoms with Crippen LogP contribution in [-0.2, 0) is 4.79 Å². The van der Waals surface area contributed by atoms with Crippen LogP contribution in [0, 0.1) is 13.8 Å². The molecule has 1 saturated heterocycles. The number of benzene rings is 1. The highest BCUT2D eigenvalue weighted by atomic mass is 16.2. The molecule has 2 aliphatic rings.